The Labute approximate surface area is 111 Å². The molecule has 0 atom stereocenters. The van der Waals surface area contributed by atoms with Crippen LogP contribution in [0.5, 0.6) is 0 Å². The molecule has 0 spiro atoms. The van der Waals surface area contributed by atoms with Gasteiger partial charge in [0, 0.05) is 6.54 Å². The summed E-state index contributed by atoms with van der Waals surface area (Å²) in [5.41, 5.74) is 0. The van der Waals surface area contributed by atoms with Gasteiger partial charge < -0.3 is 14.4 Å². The number of aromatic nitrogens is 3. The van der Waals surface area contributed by atoms with Crippen molar-refractivity contribution in [3.63, 3.8) is 0 Å². The fraction of sp³-hybridized carbons (Fsp3) is 0.667. The van der Waals surface area contributed by atoms with Gasteiger partial charge in [0.15, 0.2) is 5.16 Å². The van der Waals surface area contributed by atoms with Crippen LogP contribution in [0.3, 0.4) is 0 Å². The van der Waals surface area contributed by atoms with Crippen LogP contribution in [0.2, 0.25) is 0 Å². The summed E-state index contributed by atoms with van der Waals surface area (Å²) >= 11 is 0.952. The van der Waals surface area contributed by atoms with Crippen LogP contribution in [-0.2, 0) is 16.1 Å². The summed E-state index contributed by atoms with van der Waals surface area (Å²) in [6, 6.07) is 0. The Bertz CT molecular complexity index is 436. The van der Waals surface area contributed by atoms with Gasteiger partial charge in [-0.25, -0.2) is 0 Å². The minimum Gasteiger partial charge on any atom is -0.481 e. The monoisotopic (exact) mass is 299 g/mol. The van der Waals surface area contributed by atoms with Gasteiger partial charge in [-0.2, -0.15) is 13.2 Å². The van der Waals surface area contributed by atoms with E-state index < -0.39 is 18.8 Å². The number of hydrogen-bond donors (Lipinski definition) is 1. The van der Waals surface area contributed by atoms with E-state index in [0.717, 1.165) is 11.8 Å². The van der Waals surface area contributed by atoms with Gasteiger partial charge in [-0.15, -0.1) is 10.2 Å². The highest BCUT2D eigenvalue weighted by molar-refractivity contribution is 7.99. The van der Waals surface area contributed by atoms with Crippen molar-refractivity contribution in [3.8, 4) is 0 Å². The van der Waals surface area contributed by atoms with Gasteiger partial charge >= 0.3 is 12.1 Å². The molecule has 1 aromatic rings. The smallest absolute Gasteiger partial charge is 0.411 e. The molecule has 1 heterocycles. The highest BCUT2D eigenvalue weighted by Gasteiger charge is 2.27. The lowest BCUT2D eigenvalue weighted by Gasteiger charge is -2.10. The molecule has 0 amide bonds. The molecule has 19 heavy (non-hydrogen) atoms. The van der Waals surface area contributed by atoms with Crippen molar-refractivity contribution in [2.45, 2.75) is 24.8 Å². The molecule has 1 aromatic heterocycles. The van der Waals surface area contributed by atoms with E-state index in [1.54, 1.807) is 6.92 Å². The van der Waals surface area contributed by atoms with E-state index >= 15 is 0 Å². The van der Waals surface area contributed by atoms with Crippen molar-refractivity contribution < 1.29 is 27.8 Å². The number of halogens is 3. The Morgan fingerprint density at radius 3 is 2.74 bits per heavy atom. The zero-order valence-corrected chi connectivity index (χ0v) is 10.8. The molecule has 0 saturated heterocycles. The number of ether oxygens (including phenoxy) is 1. The van der Waals surface area contributed by atoms with Gasteiger partial charge in [0.2, 0.25) is 0 Å². The number of nitrogens with zero attached hydrogens (tertiary/aromatic N) is 3. The zero-order valence-electron chi connectivity index (χ0n) is 9.98. The molecule has 0 radical (unpaired) electrons. The Hall–Kier alpha value is -1.29. The maximum atomic E-state index is 11.9. The summed E-state index contributed by atoms with van der Waals surface area (Å²) < 4.78 is 41.6. The van der Waals surface area contributed by atoms with Crippen LogP contribution in [0.1, 0.15) is 5.82 Å². The van der Waals surface area contributed by atoms with Crippen LogP contribution < -0.4 is 0 Å². The standard InChI is InChI=1S/C9H12F3N3O3S/c1-6-13-14-8(19-4-7(16)17)15(6)2-3-18-5-9(10,11)12/h2-5H2,1H3,(H,16,17). The quantitative estimate of drug-likeness (QED) is 0.605. The van der Waals surface area contributed by atoms with Crippen LogP contribution in [0, 0.1) is 6.92 Å². The lowest BCUT2D eigenvalue weighted by atomic mass is 10.6. The lowest BCUT2D eigenvalue weighted by molar-refractivity contribution is -0.174. The van der Waals surface area contributed by atoms with Gasteiger partial charge in [0.1, 0.15) is 12.4 Å². The molecule has 0 fully saturated rings. The van der Waals surface area contributed by atoms with E-state index in [2.05, 4.69) is 14.9 Å². The molecule has 0 unspecified atom stereocenters. The third kappa shape index (κ3) is 5.92. The van der Waals surface area contributed by atoms with Crippen LogP contribution >= 0.6 is 11.8 Å². The average molecular weight is 299 g/mol. The Morgan fingerprint density at radius 2 is 2.16 bits per heavy atom. The van der Waals surface area contributed by atoms with E-state index in [1.165, 1.54) is 4.57 Å². The topological polar surface area (TPSA) is 77.2 Å². The Morgan fingerprint density at radius 1 is 1.47 bits per heavy atom. The number of carboxylic acid groups (broad SMARTS) is 1. The second-order valence-electron chi connectivity index (χ2n) is 3.53. The first-order chi connectivity index (χ1) is 8.79. The normalized spacial score (nSPS) is 11.8. The summed E-state index contributed by atoms with van der Waals surface area (Å²) in [6.45, 7) is 0.295. The number of carboxylic acids is 1. The predicted octanol–water partition coefficient (Wildman–Crippen LogP) is 1.34. The van der Waals surface area contributed by atoms with Gasteiger partial charge in [0.05, 0.1) is 12.4 Å². The van der Waals surface area contributed by atoms with Crippen LogP contribution in [0.25, 0.3) is 0 Å². The van der Waals surface area contributed by atoms with Crippen molar-refractivity contribution in [3.05, 3.63) is 5.82 Å². The SMILES string of the molecule is Cc1nnc(SCC(=O)O)n1CCOCC(F)(F)F. The van der Waals surface area contributed by atoms with E-state index in [4.69, 9.17) is 5.11 Å². The minimum atomic E-state index is -4.36. The molecule has 1 rings (SSSR count). The highest BCUT2D eigenvalue weighted by atomic mass is 32.2. The molecule has 1 N–H and O–H groups in total. The lowest BCUT2D eigenvalue weighted by Crippen LogP contribution is -2.19. The van der Waals surface area contributed by atoms with Crippen LogP contribution in [0.4, 0.5) is 13.2 Å². The molecule has 10 heteroatoms. The predicted molar refractivity (Wildman–Crippen MR) is 60.0 cm³/mol. The molecule has 0 aliphatic heterocycles. The number of rotatable bonds is 7. The fourth-order valence-corrected chi connectivity index (χ4v) is 1.93. The van der Waals surface area contributed by atoms with Crippen molar-refractivity contribution >= 4 is 17.7 Å². The molecule has 0 aliphatic rings. The number of thioether (sulfide) groups is 1. The summed E-state index contributed by atoms with van der Waals surface area (Å²) in [5, 5.41) is 16.4. The molecule has 0 aliphatic carbocycles. The second kappa shape index (κ2) is 6.75. The molecule has 0 bridgehead atoms. The van der Waals surface area contributed by atoms with Gasteiger partial charge in [-0.1, -0.05) is 11.8 Å². The highest BCUT2D eigenvalue weighted by Crippen LogP contribution is 2.17. The largest absolute Gasteiger partial charge is 0.481 e. The summed E-state index contributed by atoms with van der Waals surface area (Å²) in [7, 11) is 0. The molecule has 6 nitrogen and oxygen atoms in total. The number of hydrogen-bond acceptors (Lipinski definition) is 5. The maximum absolute atomic E-state index is 11.9. The molecule has 0 saturated carbocycles. The first-order valence-corrected chi connectivity index (χ1v) is 6.17. The Kier molecular flexibility index (Phi) is 5.60. The van der Waals surface area contributed by atoms with Crippen molar-refractivity contribution in [1.82, 2.24) is 14.8 Å². The van der Waals surface area contributed by atoms with E-state index in [0.29, 0.717) is 11.0 Å². The Balaban J connectivity index is 2.48. The van der Waals surface area contributed by atoms with Crippen molar-refractivity contribution in [1.29, 1.82) is 0 Å². The van der Waals surface area contributed by atoms with E-state index in [-0.39, 0.29) is 18.9 Å². The van der Waals surface area contributed by atoms with Gasteiger partial charge in [-0.05, 0) is 6.92 Å². The summed E-state index contributed by atoms with van der Waals surface area (Å²) in [5.74, 6) is -0.712. The zero-order chi connectivity index (χ0) is 14.5. The third-order valence-corrected chi connectivity index (χ3v) is 2.90. The average Bonchev–Trinajstić information content (AvgIpc) is 2.62. The second-order valence-corrected chi connectivity index (χ2v) is 4.47. The fourth-order valence-electron chi connectivity index (χ4n) is 1.20. The summed E-state index contributed by atoms with van der Waals surface area (Å²) in [6.07, 6.45) is -4.36. The van der Waals surface area contributed by atoms with E-state index in [1.807, 2.05) is 0 Å². The molecule has 0 aromatic carbocycles. The van der Waals surface area contributed by atoms with Crippen LogP contribution in [0.15, 0.2) is 5.16 Å². The number of aryl methyl sites for hydroxylation is 1. The number of aliphatic carboxylic acids is 1. The van der Waals surface area contributed by atoms with E-state index in [9.17, 15) is 18.0 Å². The molecular formula is C9H12F3N3O3S. The maximum Gasteiger partial charge on any atom is 0.411 e. The van der Waals surface area contributed by atoms with Crippen molar-refractivity contribution in [2.75, 3.05) is 19.0 Å². The third-order valence-electron chi connectivity index (χ3n) is 1.95. The van der Waals surface area contributed by atoms with Gasteiger partial charge in [0.25, 0.3) is 0 Å². The number of carbonyl (C=O) groups is 1. The summed E-state index contributed by atoms with van der Waals surface area (Å²) in [4.78, 5) is 10.4. The molecular weight excluding hydrogens is 287 g/mol. The van der Waals surface area contributed by atoms with Gasteiger partial charge in [-0.3, -0.25) is 4.79 Å². The molecule has 108 valence electrons. The first-order valence-electron chi connectivity index (χ1n) is 5.18. The first kappa shape index (κ1) is 15.8. The number of alkyl halides is 3. The minimum absolute atomic E-state index is 0.136. The van der Waals surface area contributed by atoms with Crippen LogP contribution in [-0.4, -0.2) is 51.0 Å². The van der Waals surface area contributed by atoms with Crippen molar-refractivity contribution in [2.24, 2.45) is 0 Å².